The number of aromatic nitrogens is 2. The Morgan fingerprint density at radius 2 is 1.64 bits per heavy atom. The van der Waals surface area contributed by atoms with Crippen molar-refractivity contribution in [3.05, 3.63) is 42.2 Å². The summed E-state index contributed by atoms with van der Waals surface area (Å²) in [6.45, 7) is 3.76. The van der Waals surface area contributed by atoms with Gasteiger partial charge in [0.05, 0.1) is 4.90 Å². The molecule has 1 aromatic heterocycles. The summed E-state index contributed by atoms with van der Waals surface area (Å²) in [6.07, 6.45) is 5.79. The van der Waals surface area contributed by atoms with Crippen LogP contribution in [0.4, 0.5) is 11.6 Å². The van der Waals surface area contributed by atoms with E-state index in [2.05, 4.69) is 27.5 Å². The van der Waals surface area contributed by atoms with Crippen LogP contribution in [0.25, 0.3) is 0 Å². The number of unbranched alkanes of at least 4 members (excludes halogenated alkanes) is 2. The highest BCUT2D eigenvalue weighted by molar-refractivity contribution is 7.89. The molecule has 0 saturated carbocycles. The molecule has 8 heteroatoms. The fraction of sp³-hybridized carbons (Fsp3) is 0.412. The Morgan fingerprint density at radius 3 is 2.24 bits per heavy atom. The Balaban J connectivity index is 1.81. The van der Waals surface area contributed by atoms with Gasteiger partial charge in [-0.1, -0.05) is 31.9 Å². The summed E-state index contributed by atoms with van der Waals surface area (Å²) in [5.74, 6) is 1.57. The number of rotatable bonds is 10. The Bertz CT molecular complexity index is 763. The summed E-state index contributed by atoms with van der Waals surface area (Å²) < 4.78 is 22.5. The van der Waals surface area contributed by atoms with Gasteiger partial charge >= 0.3 is 0 Å². The van der Waals surface area contributed by atoms with Crippen LogP contribution >= 0.6 is 0 Å². The highest BCUT2D eigenvalue weighted by Crippen LogP contribution is 2.11. The third-order valence-electron chi connectivity index (χ3n) is 3.73. The first-order valence-corrected chi connectivity index (χ1v) is 9.95. The number of nitrogens with zero attached hydrogens (tertiary/aromatic N) is 2. The Labute approximate surface area is 149 Å². The predicted molar refractivity (Wildman–Crippen MR) is 100 cm³/mol. The molecule has 1 heterocycles. The molecule has 0 aliphatic heterocycles. The number of sulfonamides is 1. The summed E-state index contributed by atoms with van der Waals surface area (Å²) in [5, 5.41) is 11.6. The van der Waals surface area contributed by atoms with E-state index < -0.39 is 10.0 Å². The molecule has 0 aliphatic carbocycles. The van der Waals surface area contributed by atoms with Gasteiger partial charge in [-0.15, -0.1) is 0 Å². The van der Waals surface area contributed by atoms with E-state index in [1.807, 2.05) is 6.07 Å². The zero-order valence-corrected chi connectivity index (χ0v) is 15.2. The summed E-state index contributed by atoms with van der Waals surface area (Å²) in [7, 11) is -3.64. The normalized spacial score (nSPS) is 11.3. The molecule has 0 radical (unpaired) electrons. The van der Waals surface area contributed by atoms with Crippen LogP contribution in [0.1, 0.15) is 31.7 Å². The van der Waals surface area contributed by atoms with Crippen LogP contribution < -0.4 is 15.8 Å². The maximum absolute atomic E-state index is 11.2. The van der Waals surface area contributed by atoms with Crippen molar-refractivity contribution in [3.63, 3.8) is 0 Å². The summed E-state index contributed by atoms with van der Waals surface area (Å²) in [6, 6.07) is 8.46. The van der Waals surface area contributed by atoms with Crippen molar-refractivity contribution in [1.29, 1.82) is 0 Å². The van der Waals surface area contributed by atoms with E-state index in [4.69, 9.17) is 5.14 Å². The second-order valence-electron chi connectivity index (χ2n) is 5.79. The summed E-state index contributed by atoms with van der Waals surface area (Å²) in [4.78, 5) is 8.53. The molecule has 1 aromatic carbocycles. The van der Waals surface area contributed by atoms with Crippen molar-refractivity contribution in [2.45, 2.75) is 37.5 Å². The van der Waals surface area contributed by atoms with E-state index in [0.29, 0.717) is 6.54 Å². The predicted octanol–water partition coefficient (Wildman–Crippen LogP) is 2.38. The molecule has 25 heavy (non-hydrogen) atoms. The van der Waals surface area contributed by atoms with Crippen molar-refractivity contribution in [2.24, 2.45) is 5.14 Å². The van der Waals surface area contributed by atoms with Crippen LogP contribution in [-0.4, -0.2) is 31.5 Å². The van der Waals surface area contributed by atoms with Crippen LogP contribution in [0, 0.1) is 0 Å². The minimum atomic E-state index is -3.64. The fourth-order valence-electron chi connectivity index (χ4n) is 2.32. The molecule has 2 rings (SSSR count). The number of nitrogens with one attached hydrogen (secondary N) is 2. The van der Waals surface area contributed by atoms with Gasteiger partial charge in [0.2, 0.25) is 10.0 Å². The standard InChI is InChI=1S/C17H25N5O2S/c1-2-3-4-10-19-16-12-17(22-13-21-16)20-11-9-14-5-7-15(8-6-14)25(18,23)24/h5-8,12-13H,2-4,9-11H2,1H3,(H2,18,23,24)(H2,19,20,21,22). The fourth-order valence-corrected chi connectivity index (χ4v) is 2.84. The van der Waals surface area contributed by atoms with Gasteiger partial charge < -0.3 is 10.6 Å². The average Bonchev–Trinajstić information content (AvgIpc) is 2.59. The lowest BCUT2D eigenvalue weighted by atomic mass is 10.1. The largest absolute Gasteiger partial charge is 0.370 e. The molecule has 136 valence electrons. The van der Waals surface area contributed by atoms with Gasteiger partial charge in [0, 0.05) is 19.2 Å². The molecule has 4 N–H and O–H groups in total. The maximum atomic E-state index is 11.2. The van der Waals surface area contributed by atoms with Crippen LogP contribution in [-0.2, 0) is 16.4 Å². The van der Waals surface area contributed by atoms with Crippen LogP contribution in [0.15, 0.2) is 41.6 Å². The second kappa shape index (κ2) is 9.33. The van der Waals surface area contributed by atoms with Gasteiger partial charge in [0.15, 0.2) is 0 Å². The molecular formula is C17H25N5O2S. The molecular weight excluding hydrogens is 338 g/mol. The van der Waals surface area contributed by atoms with Crippen LogP contribution in [0.5, 0.6) is 0 Å². The molecule has 2 aromatic rings. The van der Waals surface area contributed by atoms with Crippen molar-refractivity contribution < 1.29 is 8.42 Å². The number of hydrogen-bond acceptors (Lipinski definition) is 6. The molecule has 0 unspecified atom stereocenters. The topological polar surface area (TPSA) is 110 Å². The SMILES string of the molecule is CCCCCNc1cc(NCCc2ccc(S(N)(=O)=O)cc2)ncn1. The van der Waals surface area contributed by atoms with E-state index >= 15 is 0 Å². The first-order valence-electron chi connectivity index (χ1n) is 8.40. The molecule has 0 bridgehead atoms. The highest BCUT2D eigenvalue weighted by Gasteiger charge is 2.06. The lowest BCUT2D eigenvalue weighted by Gasteiger charge is -2.09. The third-order valence-corrected chi connectivity index (χ3v) is 4.65. The van der Waals surface area contributed by atoms with Crippen molar-refractivity contribution >= 4 is 21.7 Å². The quantitative estimate of drug-likeness (QED) is 0.559. The number of anilines is 2. The van der Waals surface area contributed by atoms with Crippen molar-refractivity contribution in [1.82, 2.24) is 9.97 Å². The molecule has 0 amide bonds. The van der Waals surface area contributed by atoms with Crippen molar-refractivity contribution in [3.8, 4) is 0 Å². The van der Waals surface area contributed by atoms with Gasteiger partial charge in [0.25, 0.3) is 0 Å². The van der Waals surface area contributed by atoms with E-state index in [-0.39, 0.29) is 4.90 Å². The summed E-state index contributed by atoms with van der Waals surface area (Å²) in [5.41, 5.74) is 1.02. The molecule has 0 saturated heterocycles. The molecule has 0 fully saturated rings. The Morgan fingerprint density at radius 1 is 1.00 bits per heavy atom. The smallest absolute Gasteiger partial charge is 0.238 e. The molecule has 7 nitrogen and oxygen atoms in total. The van der Waals surface area contributed by atoms with E-state index in [0.717, 1.165) is 36.6 Å². The lowest BCUT2D eigenvalue weighted by Crippen LogP contribution is -2.12. The Hall–Kier alpha value is -2.19. The minimum Gasteiger partial charge on any atom is -0.370 e. The first-order chi connectivity index (χ1) is 12.0. The number of primary sulfonamides is 1. The van der Waals surface area contributed by atoms with Gasteiger partial charge in [-0.25, -0.2) is 23.5 Å². The van der Waals surface area contributed by atoms with E-state index in [1.165, 1.54) is 31.3 Å². The average molecular weight is 363 g/mol. The highest BCUT2D eigenvalue weighted by atomic mass is 32.2. The monoisotopic (exact) mass is 363 g/mol. The van der Waals surface area contributed by atoms with Crippen LogP contribution in [0.2, 0.25) is 0 Å². The maximum Gasteiger partial charge on any atom is 0.238 e. The van der Waals surface area contributed by atoms with Crippen LogP contribution in [0.3, 0.4) is 0 Å². The second-order valence-corrected chi connectivity index (χ2v) is 7.35. The minimum absolute atomic E-state index is 0.124. The van der Waals surface area contributed by atoms with Gasteiger partial charge in [-0.05, 0) is 30.5 Å². The van der Waals surface area contributed by atoms with E-state index in [9.17, 15) is 8.42 Å². The number of benzene rings is 1. The molecule has 0 spiro atoms. The van der Waals surface area contributed by atoms with Gasteiger partial charge in [-0.3, -0.25) is 0 Å². The number of nitrogens with two attached hydrogens (primary N) is 1. The zero-order chi connectivity index (χ0) is 18.1. The van der Waals surface area contributed by atoms with Gasteiger partial charge in [0.1, 0.15) is 18.0 Å². The summed E-state index contributed by atoms with van der Waals surface area (Å²) >= 11 is 0. The first kappa shape index (κ1) is 19.1. The third kappa shape index (κ3) is 6.67. The van der Waals surface area contributed by atoms with Crippen molar-refractivity contribution in [2.75, 3.05) is 23.7 Å². The molecule has 0 aliphatic rings. The van der Waals surface area contributed by atoms with E-state index in [1.54, 1.807) is 12.1 Å². The lowest BCUT2D eigenvalue weighted by molar-refractivity contribution is 0.598. The Kier molecular flexibility index (Phi) is 7.15. The number of hydrogen-bond donors (Lipinski definition) is 3. The molecule has 0 atom stereocenters. The van der Waals surface area contributed by atoms with Gasteiger partial charge in [-0.2, -0.15) is 0 Å². The zero-order valence-electron chi connectivity index (χ0n) is 14.4.